The Labute approximate surface area is 113 Å². The zero-order valence-corrected chi connectivity index (χ0v) is 11.3. The van der Waals surface area contributed by atoms with Crippen LogP contribution >= 0.6 is 0 Å². The van der Waals surface area contributed by atoms with Crippen LogP contribution in [-0.4, -0.2) is 34.1 Å². The number of phenols is 1. The summed E-state index contributed by atoms with van der Waals surface area (Å²) < 4.78 is 0. The van der Waals surface area contributed by atoms with Crippen molar-refractivity contribution in [3.05, 3.63) is 29.8 Å². The van der Waals surface area contributed by atoms with E-state index in [9.17, 15) is 5.11 Å². The summed E-state index contributed by atoms with van der Waals surface area (Å²) >= 11 is 0. The Hall–Kier alpha value is -1.71. The van der Waals surface area contributed by atoms with Crippen molar-refractivity contribution < 1.29 is 5.11 Å². The van der Waals surface area contributed by atoms with Crippen LogP contribution in [0.25, 0.3) is 0 Å². The Morgan fingerprint density at radius 3 is 2.68 bits per heavy atom. The van der Waals surface area contributed by atoms with Gasteiger partial charge in [0.15, 0.2) is 5.96 Å². The predicted octanol–water partition coefficient (Wildman–Crippen LogP) is 1.88. The lowest BCUT2D eigenvalue weighted by Crippen LogP contribution is -2.51. The molecule has 1 aromatic rings. The SMILES string of the molecule is CC1(CCc2ccc(O)cc2)CN=C(N)N1C1CC1. The molecule has 3 N–H and O–H groups in total. The average Bonchev–Trinajstić information content (AvgIpc) is 3.16. The van der Waals surface area contributed by atoms with Crippen LogP contribution in [0, 0.1) is 0 Å². The fourth-order valence-corrected chi connectivity index (χ4v) is 2.92. The number of hydrogen-bond donors (Lipinski definition) is 2. The fourth-order valence-electron chi connectivity index (χ4n) is 2.92. The number of aliphatic imine (C=N–C) groups is 1. The van der Waals surface area contributed by atoms with Crippen molar-refractivity contribution >= 4 is 5.96 Å². The van der Waals surface area contributed by atoms with Gasteiger partial charge in [0, 0.05) is 6.04 Å². The molecule has 19 heavy (non-hydrogen) atoms. The van der Waals surface area contributed by atoms with Gasteiger partial charge in [0.25, 0.3) is 0 Å². The van der Waals surface area contributed by atoms with Gasteiger partial charge >= 0.3 is 0 Å². The van der Waals surface area contributed by atoms with Crippen LogP contribution in [0.2, 0.25) is 0 Å². The quantitative estimate of drug-likeness (QED) is 0.868. The number of phenolic OH excluding ortho intramolecular Hbond substituents is 1. The van der Waals surface area contributed by atoms with Crippen LogP contribution in [0.1, 0.15) is 31.7 Å². The zero-order chi connectivity index (χ0) is 13.5. The monoisotopic (exact) mass is 259 g/mol. The average molecular weight is 259 g/mol. The van der Waals surface area contributed by atoms with Gasteiger partial charge in [0.05, 0.1) is 12.1 Å². The first-order valence-corrected chi connectivity index (χ1v) is 6.96. The topological polar surface area (TPSA) is 61.9 Å². The van der Waals surface area contributed by atoms with Crippen molar-refractivity contribution in [2.24, 2.45) is 10.7 Å². The van der Waals surface area contributed by atoms with E-state index in [1.807, 2.05) is 12.1 Å². The standard InChI is InChI=1S/C15H21N3O/c1-15(9-8-11-2-6-13(19)7-3-11)10-17-14(16)18(15)12-4-5-12/h2-3,6-7,12,19H,4-5,8-10H2,1H3,(H2,16,17). The Morgan fingerprint density at radius 2 is 2.05 bits per heavy atom. The normalized spacial score (nSPS) is 26.6. The lowest BCUT2D eigenvalue weighted by atomic mass is 9.92. The summed E-state index contributed by atoms with van der Waals surface area (Å²) in [4.78, 5) is 6.77. The highest BCUT2D eigenvalue weighted by molar-refractivity contribution is 5.81. The zero-order valence-electron chi connectivity index (χ0n) is 11.3. The summed E-state index contributed by atoms with van der Waals surface area (Å²) in [6.07, 6.45) is 4.51. The van der Waals surface area contributed by atoms with Crippen molar-refractivity contribution in [2.45, 2.75) is 44.2 Å². The summed E-state index contributed by atoms with van der Waals surface area (Å²) in [7, 11) is 0. The summed E-state index contributed by atoms with van der Waals surface area (Å²) in [6.45, 7) is 3.06. The number of nitrogens with two attached hydrogens (primary N) is 1. The van der Waals surface area contributed by atoms with Crippen LogP contribution in [0.5, 0.6) is 5.75 Å². The Morgan fingerprint density at radius 1 is 1.37 bits per heavy atom. The highest BCUT2D eigenvalue weighted by Gasteiger charge is 2.45. The van der Waals surface area contributed by atoms with E-state index in [2.05, 4.69) is 16.8 Å². The highest BCUT2D eigenvalue weighted by Crippen LogP contribution is 2.37. The first kappa shape index (κ1) is 12.3. The van der Waals surface area contributed by atoms with E-state index in [0.717, 1.165) is 25.3 Å². The molecule has 1 heterocycles. The molecule has 1 aliphatic carbocycles. The third-order valence-electron chi connectivity index (χ3n) is 4.21. The Bertz CT molecular complexity index is 493. The lowest BCUT2D eigenvalue weighted by molar-refractivity contribution is 0.200. The molecule has 1 aliphatic heterocycles. The molecule has 1 aromatic carbocycles. The largest absolute Gasteiger partial charge is 0.508 e. The number of aryl methyl sites for hydroxylation is 1. The first-order chi connectivity index (χ1) is 9.08. The smallest absolute Gasteiger partial charge is 0.192 e. The molecule has 0 spiro atoms. The summed E-state index contributed by atoms with van der Waals surface area (Å²) in [5.74, 6) is 1.04. The summed E-state index contributed by atoms with van der Waals surface area (Å²) in [5, 5.41) is 9.30. The van der Waals surface area contributed by atoms with Gasteiger partial charge in [-0.3, -0.25) is 4.99 Å². The predicted molar refractivity (Wildman–Crippen MR) is 76.2 cm³/mol. The van der Waals surface area contributed by atoms with Crippen molar-refractivity contribution in [1.29, 1.82) is 0 Å². The van der Waals surface area contributed by atoms with E-state index in [4.69, 9.17) is 5.73 Å². The van der Waals surface area contributed by atoms with Gasteiger partial charge in [-0.25, -0.2) is 0 Å². The maximum atomic E-state index is 9.30. The van der Waals surface area contributed by atoms with E-state index < -0.39 is 0 Å². The third kappa shape index (κ3) is 2.39. The van der Waals surface area contributed by atoms with E-state index >= 15 is 0 Å². The van der Waals surface area contributed by atoms with Crippen molar-refractivity contribution in [1.82, 2.24) is 4.90 Å². The molecule has 0 radical (unpaired) electrons. The second-order valence-corrected chi connectivity index (χ2v) is 5.94. The number of rotatable bonds is 4. The van der Waals surface area contributed by atoms with Gasteiger partial charge in [0.1, 0.15) is 5.75 Å². The number of benzene rings is 1. The van der Waals surface area contributed by atoms with E-state index in [0.29, 0.717) is 11.8 Å². The molecule has 3 rings (SSSR count). The molecule has 1 unspecified atom stereocenters. The van der Waals surface area contributed by atoms with E-state index in [-0.39, 0.29) is 5.54 Å². The van der Waals surface area contributed by atoms with Crippen LogP contribution in [0.4, 0.5) is 0 Å². The number of guanidine groups is 1. The van der Waals surface area contributed by atoms with Crippen LogP contribution in [0.3, 0.4) is 0 Å². The minimum Gasteiger partial charge on any atom is -0.508 e. The van der Waals surface area contributed by atoms with E-state index in [1.54, 1.807) is 12.1 Å². The maximum Gasteiger partial charge on any atom is 0.192 e. The number of aromatic hydroxyl groups is 1. The molecule has 0 saturated heterocycles. The molecular weight excluding hydrogens is 238 g/mol. The fraction of sp³-hybridized carbons (Fsp3) is 0.533. The molecule has 102 valence electrons. The maximum absolute atomic E-state index is 9.30. The van der Waals surface area contributed by atoms with Crippen molar-refractivity contribution in [3.8, 4) is 5.75 Å². The second-order valence-electron chi connectivity index (χ2n) is 5.94. The number of nitrogens with zero attached hydrogens (tertiary/aromatic N) is 2. The number of hydrogen-bond acceptors (Lipinski definition) is 4. The highest BCUT2D eigenvalue weighted by atomic mass is 16.3. The lowest BCUT2D eigenvalue weighted by Gasteiger charge is -2.36. The molecule has 1 atom stereocenters. The summed E-state index contributed by atoms with van der Waals surface area (Å²) in [5.41, 5.74) is 7.34. The van der Waals surface area contributed by atoms with Gasteiger partial charge in [-0.15, -0.1) is 0 Å². The molecule has 2 aliphatic rings. The van der Waals surface area contributed by atoms with Gasteiger partial charge in [-0.2, -0.15) is 0 Å². The Balaban J connectivity index is 1.67. The van der Waals surface area contributed by atoms with Gasteiger partial charge in [-0.05, 0) is 50.3 Å². The Kier molecular flexibility index (Phi) is 2.88. The van der Waals surface area contributed by atoms with Crippen LogP contribution in [0.15, 0.2) is 29.3 Å². The van der Waals surface area contributed by atoms with Gasteiger partial charge in [-0.1, -0.05) is 12.1 Å². The first-order valence-electron chi connectivity index (χ1n) is 6.96. The molecule has 4 heteroatoms. The molecule has 4 nitrogen and oxygen atoms in total. The van der Waals surface area contributed by atoms with E-state index in [1.165, 1.54) is 18.4 Å². The molecule has 1 saturated carbocycles. The van der Waals surface area contributed by atoms with Crippen molar-refractivity contribution in [3.63, 3.8) is 0 Å². The van der Waals surface area contributed by atoms with Gasteiger partial charge in [0.2, 0.25) is 0 Å². The molecule has 1 fully saturated rings. The second kappa shape index (κ2) is 4.44. The third-order valence-corrected chi connectivity index (χ3v) is 4.21. The molecule has 0 amide bonds. The van der Waals surface area contributed by atoms with Gasteiger partial charge < -0.3 is 15.7 Å². The van der Waals surface area contributed by atoms with Crippen LogP contribution in [-0.2, 0) is 6.42 Å². The van der Waals surface area contributed by atoms with Crippen LogP contribution < -0.4 is 5.73 Å². The minimum absolute atomic E-state index is 0.0587. The minimum atomic E-state index is 0.0587. The summed E-state index contributed by atoms with van der Waals surface area (Å²) in [6, 6.07) is 8.07. The van der Waals surface area contributed by atoms with Crippen molar-refractivity contribution in [2.75, 3.05) is 6.54 Å². The molecule has 0 aromatic heterocycles. The molecule has 0 bridgehead atoms. The molecular formula is C15H21N3O.